The molecule has 23 heavy (non-hydrogen) atoms. The van der Waals surface area contributed by atoms with Crippen LogP contribution in [0.25, 0.3) is 0 Å². The van der Waals surface area contributed by atoms with E-state index in [-0.39, 0.29) is 34.9 Å². The van der Waals surface area contributed by atoms with Gasteiger partial charge in [-0.2, -0.15) is 0 Å². The molecule has 1 spiro atoms. The summed E-state index contributed by atoms with van der Waals surface area (Å²) in [4.78, 5) is 0. The van der Waals surface area contributed by atoms with Crippen LogP contribution >= 0.6 is 0 Å². The Morgan fingerprint density at radius 3 is 2.39 bits per heavy atom. The molecule has 0 heterocycles. The van der Waals surface area contributed by atoms with Gasteiger partial charge < -0.3 is 15.3 Å². The van der Waals surface area contributed by atoms with Gasteiger partial charge in [-0.25, -0.2) is 0 Å². The summed E-state index contributed by atoms with van der Waals surface area (Å²) >= 11 is 0. The lowest BCUT2D eigenvalue weighted by Crippen LogP contribution is -2.58. The fourth-order valence-electron chi connectivity index (χ4n) is 8.30. The lowest BCUT2D eigenvalue weighted by atomic mass is 9.41. The van der Waals surface area contributed by atoms with E-state index in [9.17, 15) is 15.3 Å². The molecule has 0 unspecified atom stereocenters. The van der Waals surface area contributed by atoms with E-state index < -0.39 is 5.60 Å². The topological polar surface area (TPSA) is 60.7 Å². The van der Waals surface area contributed by atoms with Crippen LogP contribution in [0.1, 0.15) is 72.1 Å². The maximum atomic E-state index is 10.9. The van der Waals surface area contributed by atoms with E-state index in [4.69, 9.17) is 0 Å². The van der Waals surface area contributed by atoms with Gasteiger partial charge in [-0.15, -0.1) is 0 Å². The summed E-state index contributed by atoms with van der Waals surface area (Å²) in [6.07, 6.45) is 8.18. The van der Waals surface area contributed by atoms with Gasteiger partial charge in [-0.05, 0) is 85.4 Å². The van der Waals surface area contributed by atoms with Gasteiger partial charge in [0.15, 0.2) is 0 Å². The molecule has 7 atom stereocenters. The van der Waals surface area contributed by atoms with E-state index in [1.807, 2.05) is 0 Å². The Balaban J connectivity index is 1.73. The molecule has 4 aliphatic rings. The lowest BCUT2D eigenvalue weighted by Gasteiger charge is -2.64. The van der Waals surface area contributed by atoms with E-state index in [0.717, 1.165) is 32.1 Å². The average Bonchev–Trinajstić information content (AvgIpc) is 2.64. The highest BCUT2D eigenvalue weighted by atomic mass is 16.3. The van der Waals surface area contributed by atoms with Gasteiger partial charge in [0.2, 0.25) is 0 Å². The van der Waals surface area contributed by atoms with Crippen molar-refractivity contribution in [3.63, 3.8) is 0 Å². The number of aliphatic hydroxyl groups excluding tert-OH is 2. The van der Waals surface area contributed by atoms with Crippen LogP contribution in [0.2, 0.25) is 0 Å². The second-order valence-corrected chi connectivity index (χ2v) is 10.5. The van der Waals surface area contributed by atoms with Crippen molar-refractivity contribution in [2.45, 2.75) is 83.8 Å². The molecule has 3 nitrogen and oxygen atoms in total. The molecular weight excluding hydrogens is 288 g/mol. The van der Waals surface area contributed by atoms with E-state index >= 15 is 0 Å². The zero-order chi connectivity index (χ0) is 16.7. The minimum absolute atomic E-state index is 0.0829. The summed E-state index contributed by atoms with van der Waals surface area (Å²) < 4.78 is 0. The normalized spacial score (nSPS) is 57.7. The Morgan fingerprint density at radius 1 is 0.957 bits per heavy atom. The summed E-state index contributed by atoms with van der Waals surface area (Å²) in [5.74, 6) is 1.55. The maximum Gasteiger partial charge on any atom is 0.0910 e. The molecule has 3 N–H and O–H groups in total. The van der Waals surface area contributed by atoms with Crippen LogP contribution in [0.15, 0.2) is 0 Å². The first kappa shape index (κ1) is 16.4. The highest BCUT2D eigenvalue weighted by molar-refractivity contribution is 5.17. The first-order valence-electron chi connectivity index (χ1n) is 9.67. The van der Waals surface area contributed by atoms with Gasteiger partial charge in [-0.3, -0.25) is 0 Å². The summed E-state index contributed by atoms with van der Waals surface area (Å²) in [6.45, 7) is 7.05. The third-order valence-corrected chi connectivity index (χ3v) is 8.79. The summed E-state index contributed by atoms with van der Waals surface area (Å²) in [6, 6.07) is 0. The van der Waals surface area contributed by atoms with Crippen LogP contribution in [-0.4, -0.2) is 33.6 Å². The fourth-order valence-corrected chi connectivity index (χ4v) is 8.30. The molecule has 0 aromatic heterocycles. The van der Waals surface area contributed by atoms with Crippen LogP contribution in [0.4, 0.5) is 0 Å². The van der Waals surface area contributed by atoms with Crippen molar-refractivity contribution in [3.05, 3.63) is 0 Å². The van der Waals surface area contributed by atoms with Crippen LogP contribution in [0.5, 0.6) is 0 Å². The largest absolute Gasteiger partial charge is 0.393 e. The number of hydrogen-bond acceptors (Lipinski definition) is 3. The Kier molecular flexibility index (Phi) is 3.37. The summed E-state index contributed by atoms with van der Waals surface area (Å²) in [7, 11) is 0. The molecule has 0 amide bonds. The summed E-state index contributed by atoms with van der Waals surface area (Å²) in [5, 5.41) is 31.3. The molecule has 0 saturated heterocycles. The van der Waals surface area contributed by atoms with Crippen molar-refractivity contribution in [2.24, 2.45) is 34.0 Å². The monoisotopic (exact) mass is 322 g/mol. The van der Waals surface area contributed by atoms with Crippen molar-refractivity contribution >= 4 is 0 Å². The van der Waals surface area contributed by atoms with Crippen molar-refractivity contribution in [3.8, 4) is 0 Å². The molecule has 0 aromatic carbocycles. The molecule has 0 aliphatic heterocycles. The highest BCUT2D eigenvalue weighted by Gasteiger charge is 2.67. The molecule has 4 aliphatic carbocycles. The van der Waals surface area contributed by atoms with Gasteiger partial charge >= 0.3 is 0 Å². The van der Waals surface area contributed by atoms with Gasteiger partial charge in [-0.1, -0.05) is 20.8 Å². The fraction of sp³-hybridized carbons (Fsp3) is 1.00. The predicted octanol–water partition coefficient (Wildman–Crippen LogP) is 3.11. The minimum atomic E-state index is -0.846. The molecule has 3 heteroatoms. The average molecular weight is 322 g/mol. The zero-order valence-electron chi connectivity index (χ0n) is 15.0. The minimum Gasteiger partial charge on any atom is -0.393 e. The number of aliphatic hydroxyl groups is 3. The quantitative estimate of drug-likeness (QED) is 0.695. The lowest BCUT2D eigenvalue weighted by molar-refractivity contribution is -0.171. The van der Waals surface area contributed by atoms with E-state index in [0.29, 0.717) is 11.8 Å². The highest BCUT2D eigenvalue weighted by Crippen LogP contribution is 2.72. The molecule has 0 aromatic rings. The molecule has 4 fully saturated rings. The van der Waals surface area contributed by atoms with Crippen molar-refractivity contribution < 1.29 is 15.3 Å². The second kappa shape index (κ2) is 4.74. The van der Waals surface area contributed by atoms with Gasteiger partial charge in [0.05, 0.1) is 18.3 Å². The molecule has 4 rings (SSSR count). The van der Waals surface area contributed by atoms with Crippen molar-refractivity contribution in [1.29, 1.82) is 0 Å². The SMILES string of the molecule is CC1(C)C[C@@H](O)C[C@]2(C)[C@@H]1CC[C@@]13C[C@@H](CC[C@H]12)[C@@](O)(CO)C3. The first-order valence-corrected chi connectivity index (χ1v) is 9.67. The van der Waals surface area contributed by atoms with Gasteiger partial charge in [0, 0.05) is 0 Å². The number of hydrogen-bond donors (Lipinski definition) is 3. The molecular formula is C20H34O3. The summed E-state index contributed by atoms with van der Waals surface area (Å²) in [5.41, 5.74) is -0.249. The molecule has 4 saturated carbocycles. The maximum absolute atomic E-state index is 10.9. The third-order valence-electron chi connectivity index (χ3n) is 8.79. The van der Waals surface area contributed by atoms with Crippen LogP contribution < -0.4 is 0 Å². The Labute approximate surface area is 140 Å². The van der Waals surface area contributed by atoms with Crippen molar-refractivity contribution in [2.75, 3.05) is 6.61 Å². The predicted molar refractivity (Wildman–Crippen MR) is 89.8 cm³/mol. The third kappa shape index (κ3) is 2.05. The standard InChI is InChI=1S/C20H34O3/c1-17(2)9-14(22)10-18(3)15(17)6-7-19-8-13(4-5-16(18)19)20(23,11-19)12-21/h13-16,21-23H,4-12H2,1-3H3/t13-,14-,15-,16+,18-,19+,20+/m1/s1. The van der Waals surface area contributed by atoms with Crippen LogP contribution in [0, 0.1) is 34.0 Å². The smallest absolute Gasteiger partial charge is 0.0910 e. The Bertz CT molecular complexity index is 503. The molecule has 132 valence electrons. The Morgan fingerprint density at radius 2 is 1.70 bits per heavy atom. The van der Waals surface area contributed by atoms with E-state index in [2.05, 4.69) is 20.8 Å². The number of fused-ring (bicyclic) bond motifs is 3. The number of rotatable bonds is 1. The van der Waals surface area contributed by atoms with Crippen molar-refractivity contribution in [1.82, 2.24) is 0 Å². The first-order chi connectivity index (χ1) is 10.7. The van der Waals surface area contributed by atoms with Gasteiger partial charge in [0.1, 0.15) is 0 Å². The van der Waals surface area contributed by atoms with Crippen LogP contribution in [-0.2, 0) is 0 Å². The zero-order valence-corrected chi connectivity index (χ0v) is 15.0. The Hall–Kier alpha value is -0.120. The van der Waals surface area contributed by atoms with Crippen LogP contribution in [0.3, 0.4) is 0 Å². The van der Waals surface area contributed by atoms with Gasteiger partial charge in [0.25, 0.3) is 0 Å². The molecule has 0 radical (unpaired) electrons. The van der Waals surface area contributed by atoms with E-state index in [1.165, 1.54) is 19.3 Å². The second-order valence-electron chi connectivity index (χ2n) is 10.5. The van der Waals surface area contributed by atoms with E-state index in [1.54, 1.807) is 0 Å². The molecule has 2 bridgehead atoms.